The Morgan fingerprint density at radius 2 is 2.27 bits per heavy atom. The number of hydrogen-bond acceptors (Lipinski definition) is 6. The number of piperazine rings is 1. The number of carbonyl (C=O) groups excluding carboxylic acids is 2. The van der Waals surface area contributed by atoms with E-state index >= 15 is 0 Å². The van der Waals surface area contributed by atoms with Crippen LogP contribution in [0.4, 0.5) is 11.4 Å². The van der Waals surface area contributed by atoms with Crippen molar-refractivity contribution in [1.29, 1.82) is 0 Å². The van der Waals surface area contributed by atoms with Crippen LogP contribution in [0.2, 0.25) is 0 Å². The zero-order chi connectivity index (χ0) is 16.1. The highest BCUT2D eigenvalue weighted by molar-refractivity contribution is 5.88. The number of amides is 1. The maximum atomic E-state index is 11.4. The Labute approximate surface area is 126 Å². The third kappa shape index (κ3) is 3.60. The number of anilines is 1. The summed E-state index contributed by atoms with van der Waals surface area (Å²) in [5.41, 5.74) is 0.777. The van der Waals surface area contributed by atoms with Gasteiger partial charge in [-0.25, -0.2) is 4.79 Å². The molecule has 1 saturated heterocycles. The number of methoxy groups -OCH3 is 1. The van der Waals surface area contributed by atoms with Gasteiger partial charge in [0.15, 0.2) is 0 Å². The third-order valence-corrected chi connectivity index (χ3v) is 3.19. The summed E-state index contributed by atoms with van der Waals surface area (Å²) in [6.45, 7) is 1.03. The number of ether oxygens (including phenoxy) is 1. The second kappa shape index (κ2) is 6.70. The number of esters is 1. The van der Waals surface area contributed by atoms with Gasteiger partial charge in [0.2, 0.25) is 5.91 Å². The normalized spacial score (nSPS) is 14.8. The van der Waals surface area contributed by atoms with E-state index in [1.54, 1.807) is 17.0 Å². The molecule has 0 aliphatic carbocycles. The fourth-order valence-electron chi connectivity index (χ4n) is 2.13. The van der Waals surface area contributed by atoms with E-state index < -0.39 is 10.9 Å². The molecule has 0 bridgehead atoms. The van der Waals surface area contributed by atoms with Crippen molar-refractivity contribution < 1.29 is 19.2 Å². The summed E-state index contributed by atoms with van der Waals surface area (Å²) < 4.78 is 4.47. The molecule has 0 atom stereocenters. The lowest BCUT2D eigenvalue weighted by molar-refractivity contribution is -0.384. The summed E-state index contributed by atoms with van der Waals surface area (Å²) in [7, 11) is 1.25. The molecule has 1 aromatic carbocycles. The summed E-state index contributed by atoms with van der Waals surface area (Å²) in [6.07, 6.45) is 2.62. The molecule has 0 saturated carbocycles. The summed E-state index contributed by atoms with van der Waals surface area (Å²) >= 11 is 0. The van der Waals surface area contributed by atoms with Crippen molar-refractivity contribution in [2.24, 2.45) is 0 Å². The topological polar surface area (TPSA) is 102 Å². The van der Waals surface area contributed by atoms with E-state index in [9.17, 15) is 19.7 Å². The first-order valence-corrected chi connectivity index (χ1v) is 6.57. The molecule has 1 N–H and O–H groups in total. The SMILES string of the molecule is COC(=O)/C=C/c1ccc(N2CCNC(=O)C2)c([N+](=O)[O-])c1. The van der Waals surface area contributed by atoms with Crippen molar-refractivity contribution in [2.75, 3.05) is 31.6 Å². The standard InChI is InChI=1S/C14H15N3O5/c1-22-14(19)5-3-10-2-4-11(12(8-10)17(20)21)16-7-6-15-13(18)9-16/h2-5,8H,6-7,9H2,1H3,(H,15,18)/b5-3+. The van der Waals surface area contributed by atoms with Crippen LogP contribution < -0.4 is 10.2 Å². The molecular weight excluding hydrogens is 290 g/mol. The Kier molecular flexibility index (Phi) is 4.72. The van der Waals surface area contributed by atoms with Crippen molar-refractivity contribution in [1.82, 2.24) is 5.32 Å². The van der Waals surface area contributed by atoms with Crippen LogP contribution in [0.1, 0.15) is 5.56 Å². The number of carbonyl (C=O) groups is 2. The Hall–Kier alpha value is -2.90. The van der Waals surface area contributed by atoms with E-state index in [0.717, 1.165) is 0 Å². The molecule has 22 heavy (non-hydrogen) atoms. The minimum atomic E-state index is -0.542. The minimum Gasteiger partial charge on any atom is -0.466 e. The zero-order valence-electron chi connectivity index (χ0n) is 11.9. The van der Waals surface area contributed by atoms with E-state index in [2.05, 4.69) is 10.1 Å². The van der Waals surface area contributed by atoms with Crippen LogP contribution in [0.25, 0.3) is 6.08 Å². The van der Waals surface area contributed by atoms with Gasteiger partial charge in [-0.3, -0.25) is 14.9 Å². The van der Waals surface area contributed by atoms with E-state index in [0.29, 0.717) is 24.3 Å². The lowest BCUT2D eigenvalue weighted by Gasteiger charge is -2.28. The molecule has 1 aliphatic rings. The molecule has 0 aromatic heterocycles. The van der Waals surface area contributed by atoms with Gasteiger partial charge in [-0.05, 0) is 17.7 Å². The van der Waals surface area contributed by atoms with Gasteiger partial charge in [0.1, 0.15) is 5.69 Å². The molecule has 8 nitrogen and oxygen atoms in total. The van der Waals surface area contributed by atoms with Gasteiger partial charge in [-0.1, -0.05) is 6.07 Å². The number of benzene rings is 1. The molecule has 1 aliphatic heterocycles. The second-order valence-electron chi connectivity index (χ2n) is 4.63. The van der Waals surface area contributed by atoms with Crippen LogP contribution >= 0.6 is 0 Å². The average molecular weight is 305 g/mol. The Morgan fingerprint density at radius 1 is 1.50 bits per heavy atom. The molecule has 0 spiro atoms. The van der Waals surface area contributed by atoms with Crippen molar-refractivity contribution in [3.63, 3.8) is 0 Å². The fourth-order valence-corrected chi connectivity index (χ4v) is 2.13. The Balaban J connectivity index is 2.31. The molecule has 1 aromatic rings. The van der Waals surface area contributed by atoms with Gasteiger partial charge in [-0.15, -0.1) is 0 Å². The Bertz CT molecular complexity index is 641. The second-order valence-corrected chi connectivity index (χ2v) is 4.63. The molecular formula is C14H15N3O5. The third-order valence-electron chi connectivity index (χ3n) is 3.19. The highest BCUT2D eigenvalue weighted by Crippen LogP contribution is 2.30. The number of hydrogen-bond donors (Lipinski definition) is 1. The summed E-state index contributed by atoms with van der Waals surface area (Å²) in [4.78, 5) is 34.9. The van der Waals surface area contributed by atoms with Crippen molar-refractivity contribution in [2.45, 2.75) is 0 Å². The predicted octanol–water partition coefficient (Wildman–Crippen LogP) is 0.717. The van der Waals surface area contributed by atoms with Gasteiger partial charge in [0, 0.05) is 25.2 Å². The smallest absolute Gasteiger partial charge is 0.330 e. The lowest BCUT2D eigenvalue weighted by Crippen LogP contribution is -2.47. The molecule has 8 heteroatoms. The van der Waals surface area contributed by atoms with Crippen molar-refractivity contribution in [3.8, 4) is 0 Å². The molecule has 0 radical (unpaired) electrons. The Morgan fingerprint density at radius 3 is 2.91 bits per heavy atom. The van der Waals surface area contributed by atoms with E-state index in [-0.39, 0.29) is 18.1 Å². The highest BCUT2D eigenvalue weighted by atomic mass is 16.6. The summed E-state index contributed by atoms with van der Waals surface area (Å²) in [5.74, 6) is -0.713. The van der Waals surface area contributed by atoms with Crippen LogP contribution in [-0.4, -0.2) is 43.5 Å². The van der Waals surface area contributed by atoms with E-state index in [1.807, 2.05) is 0 Å². The minimum absolute atomic E-state index is 0.0815. The number of nitrogens with zero attached hydrogens (tertiary/aromatic N) is 2. The summed E-state index contributed by atoms with van der Waals surface area (Å²) in [5, 5.41) is 13.9. The first-order valence-electron chi connectivity index (χ1n) is 6.57. The van der Waals surface area contributed by atoms with Crippen molar-refractivity contribution >= 4 is 29.3 Å². The van der Waals surface area contributed by atoms with Gasteiger partial charge in [0.05, 0.1) is 18.6 Å². The molecule has 0 unspecified atom stereocenters. The maximum Gasteiger partial charge on any atom is 0.330 e. The zero-order valence-corrected chi connectivity index (χ0v) is 11.9. The summed E-state index contributed by atoms with van der Waals surface area (Å²) in [6, 6.07) is 4.59. The van der Waals surface area contributed by atoms with Crippen LogP contribution in [0.15, 0.2) is 24.3 Å². The molecule has 1 amide bonds. The molecule has 2 rings (SSSR count). The van der Waals surface area contributed by atoms with Gasteiger partial charge in [0.25, 0.3) is 5.69 Å². The predicted molar refractivity (Wildman–Crippen MR) is 79.4 cm³/mol. The van der Waals surface area contributed by atoms with Crippen LogP contribution in [0.3, 0.4) is 0 Å². The maximum absolute atomic E-state index is 11.4. The van der Waals surface area contributed by atoms with Crippen LogP contribution in [0.5, 0.6) is 0 Å². The number of nitro groups is 1. The highest BCUT2D eigenvalue weighted by Gasteiger charge is 2.24. The van der Waals surface area contributed by atoms with Crippen molar-refractivity contribution in [3.05, 3.63) is 40.0 Å². The number of nitro benzene ring substituents is 1. The molecule has 1 heterocycles. The lowest BCUT2D eigenvalue weighted by atomic mass is 10.1. The van der Waals surface area contributed by atoms with Gasteiger partial charge < -0.3 is 15.0 Å². The van der Waals surface area contributed by atoms with Gasteiger partial charge >= 0.3 is 5.97 Å². The van der Waals surface area contributed by atoms with E-state index in [1.165, 1.54) is 25.3 Å². The number of nitrogens with one attached hydrogen (secondary N) is 1. The first kappa shape index (κ1) is 15.5. The van der Waals surface area contributed by atoms with E-state index in [4.69, 9.17) is 0 Å². The fraction of sp³-hybridized carbons (Fsp3) is 0.286. The molecule has 116 valence electrons. The van der Waals surface area contributed by atoms with Crippen LogP contribution in [0, 0.1) is 10.1 Å². The number of rotatable bonds is 4. The quantitative estimate of drug-likeness (QED) is 0.380. The first-order chi connectivity index (χ1) is 10.5. The average Bonchev–Trinajstić information content (AvgIpc) is 2.52. The van der Waals surface area contributed by atoms with Gasteiger partial charge in [-0.2, -0.15) is 0 Å². The van der Waals surface area contributed by atoms with Crippen LogP contribution in [-0.2, 0) is 14.3 Å². The molecule has 1 fully saturated rings. The monoisotopic (exact) mass is 305 g/mol. The largest absolute Gasteiger partial charge is 0.466 e.